The highest BCUT2D eigenvalue weighted by molar-refractivity contribution is 6.12. The van der Waals surface area contributed by atoms with E-state index in [2.05, 4.69) is 21.3 Å². The van der Waals surface area contributed by atoms with Gasteiger partial charge in [0.1, 0.15) is 0 Å². The minimum absolute atomic E-state index is 0.119. The van der Waals surface area contributed by atoms with Gasteiger partial charge in [-0.1, -0.05) is 133 Å². The first-order valence-corrected chi connectivity index (χ1v) is 16.2. The lowest BCUT2D eigenvalue weighted by molar-refractivity contribution is 1.18. The Hall–Kier alpha value is -6.64. The zero-order chi connectivity index (χ0) is 43.5. The van der Waals surface area contributed by atoms with Crippen molar-refractivity contribution in [2.24, 2.45) is 0 Å². The second-order valence-corrected chi connectivity index (χ2v) is 12.1. The van der Waals surface area contributed by atoms with Crippen molar-refractivity contribution in [1.82, 2.24) is 9.13 Å². The summed E-state index contributed by atoms with van der Waals surface area (Å²) in [6.07, 6.45) is 0. The van der Waals surface area contributed by atoms with E-state index in [9.17, 15) is 0 Å². The molecular formula is C48H32N2. The molecule has 0 atom stereocenters. The van der Waals surface area contributed by atoms with Gasteiger partial charge in [-0.3, -0.25) is 0 Å². The number of para-hydroxylation sites is 2. The molecule has 0 aliphatic heterocycles. The highest BCUT2D eigenvalue weighted by atomic mass is 15.0. The number of hydrogen-bond acceptors (Lipinski definition) is 0. The summed E-state index contributed by atoms with van der Waals surface area (Å²) in [5.74, 6) is 0. The van der Waals surface area contributed by atoms with E-state index in [0.29, 0.717) is 23.2 Å². The molecule has 0 saturated carbocycles. The standard InChI is InChI=1S/C48H32N2/c1-3-12-33(13-4-1)35-22-26-39(27-23-35)49-45-20-9-7-18-41(45)43-31-37(24-28-47(43)49)38-25-29-48-44(32-38)42-19-8-10-21-46(42)50(48)40-17-11-16-36(30-40)34-14-5-2-6-15-34/h1-32H/i1D,2D,3D,4D,5D,6D,7D,8D,12D,13D,14D,15D. The number of benzene rings is 8. The Morgan fingerprint density at radius 3 is 1.36 bits per heavy atom. The van der Waals surface area contributed by atoms with Gasteiger partial charge in [-0.25, -0.2) is 0 Å². The predicted molar refractivity (Wildman–Crippen MR) is 211 cm³/mol. The third kappa shape index (κ3) is 4.57. The van der Waals surface area contributed by atoms with Gasteiger partial charge < -0.3 is 9.13 Å². The second-order valence-electron chi connectivity index (χ2n) is 12.1. The largest absolute Gasteiger partial charge is 0.309 e. The highest BCUT2D eigenvalue weighted by Crippen LogP contribution is 2.39. The van der Waals surface area contributed by atoms with E-state index >= 15 is 0 Å². The molecular weight excluding hydrogens is 605 g/mol. The first-order chi connectivity index (χ1) is 29.7. The van der Waals surface area contributed by atoms with Crippen LogP contribution in [0.3, 0.4) is 0 Å². The maximum atomic E-state index is 8.59. The summed E-state index contributed by atoms with van der Waals surface area (Å²) in [5, 5.41) is 3.54. The van der Waals surface area contributed by atoms with E-state index in [0.717, 1.165) is 66.1 Å². The predicted octanol–water partition coefficient (Wildman–Crippen LogP) is 12.9. The van der Waals surface area contributed by atoms with E-state index in [1.54, 1.807) is 36.4 Å². The maximum absolute atomic E-state index is 8.59. The van der Waals surface area contributed by atoms with Crippen LogP contribution in [0.2, 0.25) is 0 Å². The molecule has 8 aromatic carbocycles. The SMILES string of the molecule is [2H]c1ccc2c(c1)c1cc(-c3ccc4c(c3)c3cc([2H])ccc3n4-c3cccc(-c4c([2H])c([2H])c([2H])c([2H])c4[2H])c3)ccc1n2-c1ccc(-c2c([2H])c([2H])c([2H])c([2H])c2[2H])cc1. The van der Waals surface area contributed by atoms with Crippen molar-refractivity contribution >= 4 is 43.6 Å². The fraction of sp³-hybridized carbons (Fsp3) is 0. The number of nitrogens with zero attached hydrogens (tertiary/aromatic N) is 2. The Balaban J connectivity index is 1.10. The summed E-state index contributed by atoms with van der Waals surface area (Å²) in [6.45, 7) is 0. The van der Waals surface area contributed by atoms with E-state index < -0.39 is 24.2 Å². The third-order valence-corrected chi connectivity index (χ3v) is 9.36. The molecule has 0 aliphatic rings. The molecule has 2 nitrogen and oxygen atoms in total. The van der Waals surface area contributed by atoms with Crippen molar-refractivity contribution in [3.05, 3.63) is 194 Å². The second kappa shape index (κ2) is 11.5. The molecule has 2 heteroatoms. The molecule has 0 amide bonds. The molecule has 10 aromatic rings. The van der Waals surface area contributed by atoms with Gasteiger partial charge in [0.2, 0.25) is 0 Å². The van der Waals surface area contributed by atoms with Crippen LogP contribution in [0.4, 0.5) is 0 Å². The lowest BCUT2D eigenvalue weighted by Gasteiger charge is -2.11. The lowest BCUT2D eigenvalue weighted by atomic mass is 10.0. The normalized spacial score (nSPS) is 15.0. The zero-order valence-corrected chi connectivity index (χ0v) is 26.4. The van der Waals surface area contributed by atoms with Gasteiger partial charge in [0, 0.05) is 32.9 Å². The summed E-state index contributed by atoms with van der Waals surface area (Å²) < 4.78 is 104. The number of rotatable bonds is 5. The number of aromatic nitrogens is 2. The molecule has 0 radical (unpaired) electrons. The van der Waals surface area contributed by atoms with Crippen molar-refractivity contribution in [2.75, 3.05) is 0 Å². The molecule has 0 saturated heterocycles. The van der Waals surface area contributed by atoms with Gasteiger partial charge in [-0.2, -0.15) is 0 Å². The average molecular weight is 649 g/mol. The van der Waals surface area contributed by atoms with Crippen molar-refractivity contribution in [3.8, 4) is 44.8 Å². The lowest BCUT2D eigenvalue weighted by Crippen LogP contribution is -1.94. The molecule has 50 heavy (non-hydrogen) atoms. The number of hydrogen-bond donors (Lipinski definition) is 0. The molecule has 0 fully saturated rings. The fourth-order valence-corrected chi connectivity index (χ4v) is 7.10. The summed E-state index contributed by atoms with van der Waals surface area (Å²) in [6, 6.07) is 35.0. The van der Waals surface area contributed by atoms with Crippen molar-refractivity contribution in [2.45, 2.75) is 0 Å². The summed E-state index contributed by atoms with van der Waals surface area (Å²) in [7, 11) is 0. The van der Waals surface area contributed by atoms with E-state index in [4.69, 9.17) is 16.4 Å². The first kappa shape index (κ1) is 18.8. The van der Waals surface area contributed by atoms with E-state index in [-0.39, 0.29) is 47.4 Å². The van der Waals surface area contributed by atoms with E-state index in [1.165, 1.54) is 0 Å². The summed E-state index contributed by atoms with van der Waals surface area (Å²) >= 11 is 0. The summed E-state index contributed by atoms with van der Waals surface area (Å²) in [5.41, 5.74) is 8.06. The molecule has 2 aromatic heterocycles. The zero-order valence-electron chi connectivity index (χ0n) is 38.4. The van der Waals surface area contributed by atoms with Gasteiger partial charge in [0.15, 0.2) is 0 Å². The highest BCUT2D eigenvalue weighted by Gasteiger charge is 2.16. The van der Waals surface area contributed by atoms with Crippen LogP contribution in [0.15, 0.2) is 194 Å². The van der Waals surface area contributed by atoms with Crippen molar-refractivity contribution < 1.29 is 16.4 Å². The molecule has 0 aliphatic carbocycles. The molecule has 10 rings (SSSR count). The molecule has 0 bridgehead atoms. The Morgan fingerprint density at radius 1 is 0.300 bits per heavy atom. The van der Waals surface area contributed by atoms with Crippen LogP contribution in [0, 0.1) is 0 Å². The third-order valence-electron chi connectivity index (χ3n) is 9.36. The molecule has 0 unspecified atom stereocenters. The van der Waals surface area contributed by atoms with Crippen LogP contribution in [-0.4, -0.2) is 9.13 Å². The monoisotopic (exact) mass is 648 g/mol. The van der Waals surface area contributed by atoms with Crippen molar-refractivity contribution in [1.29, 1.82) is 0 Å². The Kier molecular flexibility index (Phi) is 4.32. The fourth-order valence-electron chi connectivity index (χ4n) is 7.10. The van der Waals surface area contributed by atoms with Crippen LogP contribution in [0.1, 0.15) is 16.4 Å². The molecule has 234 valence electrons. The van der Waals surface area contributed by atoms with Crippen LogP contribution in [0.5, 0.6) is 0 Å². The van der Waals surface area contributed by atoms with Gasteiger partial charge in [0.25, 0.3) is 0 Å². The van der Waals surface area contributed by atoms with Crippen LogP contribution in [0.25, 0.3) is 88.4 Å². The average Bonchev–Trinajstić information content (AvgIpc) is 3.77. The van der Waals surface area contributed by atoms with Gasteiger partial charge in [-0.05, 0) is 94.0 Å². The Labute approximate surface area is 307 Å². The molecule has 2 heterocycles. The smallest absolute Gasteiger partial charge is 0.0629 e. The Morgan fingerprint density at radius 2 is 0.780 bits per heavy atom. The van der Waals surface area contributed by atoms with Crippen molar-refractivity contribution in [3.63, 3.8) is 0 Å². The maximum Gasteiger partial charge on any atom is 0.0629 e. The number of fused-ring (bicyclic) bond motifs is 6. The van der Waals surface area contributed by atoms with Crippen LogP contribution < -0.4 is 0 Å². The quantitative estimate of drug-likeness (QED) is 0.176. The minimum atomic E-state index is -0.446. The van der Waals surface area contributed by atoms with E-state index in [1.807, 2.05) is 72.8 Å². The minimum Gasteiger partial charge on any atom is -0.309 e. The summed E-state index contributed by atoms with van der Waals surface area (Å²) in [4.78, 5) is 0. The molecule has 0 spiro atoms. The molecule has 0 N–H and O–H groups in total. The van der Waals surface area contributed by atoms with Gasteiger partial charge >= 0.3 is 0 Å². The topological polar surface area (TPSA) is 9.86 Å². The Bertz CT molecular complexity index is 3490. The van der Waals surface area contributed by atoms with Gasteiger partial charge in [0.05, 0.1) is 38.5 Å². The van der Waals surface area contributed by atoms with Gasteiger partial charge in [-0.15, -0.1) is 0 Å². The van der Waals surface area contributed by atoms with Crippen LogP contribution in [-0.2, 0) is 0 Å². The first-order valence-electron chi connectivity index (χ1n) is 22.2. The van der Waals surface area contributed by atoms with Crippen LogP contribution >= 0.6 is 0 Å².